The molecule has 0 bridgehead atoms. The second-order valence-electron chi connectivity index (χ2n) is 4.03. The van der Waals surface area contributed by atoms with E-state index in [0.29, 0.717) is 0 Å². The van der Waals surface area contributed by atoms with E-state index in [0.717, 1.165) is 15.9 Å². The van der Waals surface area contributed by atoms with Crippen LogP contribution < -0.4 is 5.73 Å². The molecule has 0 saturated heterocycles. The van der Waals surface area contributed by atoms with Crippen LogP contribution in [0.4, 0.5) is 0 Å². The Kier molecular flexibility index (Phi) is 3.54. The molecule has 6 heteroatoms. The third-order valence-electron chi connectivity index (χ3n) is 2.49. The smallest absolute Gasteiger partial charge is 0.115 e. The van der Waals surface area contributed by atoms with Crippen LogP contribution >= 0.6 is 15.9 Å². The van der Waals surface area contributed by atoms with Gasteiger partial charge in [0.15, 0.2) is 0 Å². The molecular weight excluding hydrogens is 282 g/mol. The Morgan fingerprint density at radius 2 is 2.18 bits per heavy atom. The molecule has 0 spiro atoms. The van der Waals surface area contributed by atoms with Gasteiger partial charge in [-0.15, -0.1) is 0 Å². The highest BCUT2D eigenvalue weighted by molar-refractivity contribution is 9.10. The quantitative estimate of drug-likeness (QED) is 0.941. The molecule has 0 aliphatic rings. The van der Waals surface area contributed by atoms with E-state index < -0.39 is 0 Å². The molecule has 0 aromatic carbocycles. The van der Waals surface area contributed by atoms with Crippen molar-refractivity contribution in [1.82, 2.24) is 19.7 Å². The SMILES string of the molecule is CC(C)n1ncc(Br)c1C(N)c1ccncn1. The van der Waals surface area contributed by atoms with Crippen LogP contribution in [-0.2, 0) is 0 Å². The van der Waals surface area contributed by atoms with Crippen molar-refractivity contribution in [2.75, 3.05) is 0 Å². The summed E-state index contributed by atoms with van der Waals surface area (Å²) in [5.41, 5.74) is 7.93. The standard InChI is InChI=1S/C11H14BrN5/c1-7(2)17-11(8(12)5-16-17)10(13)9-3-4-14-6-15-9/h3-7,10H,13H2,1-2H3. The predicted octanol–water partition coefficient (Wildman–Crippen LogP) is 2.06. The zero-order valence-electron chi connectivity index (χ0n) is 9.71. The monoisotopic (exact) mass is 295 g/mol. The molecule has 0 saturated carbocycles. The van der Waals surface area contributed by atoms with Gasteiger partial charge < -0.3 is 5.73 Å². The Hall–Kier alpha value is -1.27. The number of halogens is 1. The summed E-state index contributed by atoms with van der Waals surface area (Å²) in [7, 11) is 0. The summed E-state index contributed by atoms with van der Waals surface area (Å²) in [5.74, 6) is 0. The van der Waals surface area contributed by atoms with Crippen LogP contribution in [0.1, 0.15) is 37.3 Å². The summed E-state index contributed by atoms with van der Waals surface area (Å²) in [5, 5.41) is 4.31. The lowest BCUT2D eigenvalue weighted by Gasteiger charge is -2.16. The molecule has 2 aromatic rings. The fourth-order valence-electron chi connectivity index (χ4n) is 1.68. The maximum absolute atomic E-state index is 6.22. The van der Waals surface area contributed by atoms with Crippen LogP contribution in [0.15, 0.2) is 29.3 Å². The lowest BCUT2D eigenvalue weighted by molar-refractivity contribution is 0.496. The first kappa shape index (κ1) is 12.2. The molecule has 0 aliphatic heterocycles. The van der Waals surface area contributed by atoms with Crippen LogP contribution in [0.25, 0.3) is 0 Å². The van der Waals surface area contributed by atoms with Crippen molar-refractivity contribution in [2.45, 2.75) is 25.9 Å². The lowest BCUT2D eigenvalue weighted by Crippen LogP contribution is -2.20. The van der Waals surface area contributed by atoms with Crippen molar-refractivity contribution < 1.29 is 0 Å². The van der Waals surface area contributed by atoms with Gasteiger partial charge in [-0.25, -0.2) is 9.97 Å². The minimum absolute atomic E-state index is 0.254. The van der Waals surface area contributed by atoms with E-state index in [1.165, 1.54) is 6.33 Å². The molecule has 2 aromatic heterocycles. The Morgan fingerprint density at radius 3 is 2.76 bits per heavy atom. The molecular formula is C11H14BrN5. The van der Waals surface area contributed by atoms with E-state index in [9.17, 15) is 0 Å². The number of nitrogens with two attached hydrogens (primary N) is 1. The van der Waals surface area contributed by atoms with E-state index >= 15 is 0 Å². The average Bonchev–Trinajstić information content (AvgIpc) is 2.71. The van der Waals surface area contributed by atoms with Crippen molar-refractivity contribution in [3.8, 4) is 0 Å². The number of hydrogen-bond acceptors (Lipinski definition) is 4. The molecule has 90 valence electrons. The molecule has 0 aliphatic carbocycles. The predicted molar refractivity (Wildman–Crippen MR) is 68.4 cm³/mol. The fourth-order valence-corrected chi connectivity index (χ4v) is 2.20. The number of aromatic nitrogens is 4. The van der Waals surface area contributed by atoms with Gasteiger partial charge in [0.05, 0.1) is 28.1 Å². The van der Waals surface area contributed by atoms with Gasteiger partial charge in [-0.05, 0) is 35.8 Å². The highest BCUT2D eigenvalue weighted by atomic mass is 79.9. The zero-order chi connectivity index (χ0) is 12.4. The van der Waals surface area contributed by atoms with Crippen LogP contribution in [0.3, 0.4) is 0 Å². The highest BCUT2D eigenvalue weighted by Crippen LogP contribution is 2.27. The number of nitrogens with zero attached hydrogens (tertiary/aromatic N) is 4. The second-order valence-corrected chi connectivity index (χ2v) is 4.88. The van der Waals surface area contributed by atoms with Gasteiger partial charge in [-0.1, -0.05) is 0 Å². The van der Waals surface area contributed by atoms with Crippen LogP contribution in [0.2, 0.25) is 0 Å². The fraction of sp³-hybridized carbons (Fsp3) is 0.364. The third kappa shape index (κ3) is 2.37. The van der Waals surface area contributed by atoms with Crippen LogP contribution in [0.5, 0.6) is 0 Å². The van der Waals surface area contributed by atoms with Gasteiger partial charge in [0.25, 0.3) is 0 Å². The third-order valence-corrected chi connectivity index (χ3v) is 3.11. The lowest BCUT2D eigenvalue weighted by atomic mass is 10.1. The van der Waals surface area contributed by atoms with Crippen molar-refractivity contribution in [2.24, 2.45) is 5.73 Å². The molecule has 1 atom stereocenters. The topological polar surface area (TPSA) is 69.6 Å². The Bertz CT molecular complexity index is 494. The largest absolute Gasteiger partial charge is 0.318 e. The second kappa shape index (κ2) is 4.93. The Morgan fingerprint density at radius 1 is 1.41 bits per heavy atom. The summed E-state index contributed by atoms with van der Waals surface area (Å²) in [6.07, 6.45) is 4.95. The normalized spacial score (nSPS) is 13.0. The Labute approximate surface area is 108 Å². The molecule has 1 unspecified atom stereocenters. The van der Waals surface area contributed by atoms with Gasteiger partial charge in [0.1, 0.15) is 6.33 Å². The molecule has 5 nitrogen and oxygen atoms in total. The first-order valence-electron chi connectivity index (χ1n) is 5.35. The summed E-state index contributed by atoms with van der Waals surface area (Å²) in [6, 6.07) is 1.76. The van der Waals surface area contributed by atoms with E-state index in [1.54, 1.807) is 12.4 Å². The van der Waals surface area contributed by atoms with Gasteiger partial charge in [0.2, 0.25) is 0 Å². The first-order valence-corrected chi connectivity index (χ1v) is 6.15. The maximum atomic E-state index is 6.22. The molecule has 17 heavy (non-hydrogen) atoms. The van der Waals surface area contributed by atoms with E-state index in [-0.39, 0.29) is 12.1 Å². The van der Waals surface area contributed by atoms with E-state index in [4.69, 9.17) is 5.73 Å². The summed E-state index contributed by atoms with van der Waals surface area (Å²) in [6.45, 7) is 4.13. The molecule has 2 N–H and O–H groups in total. The minimum atomic E-state index is -0.308. The van der Waals surface area contributed by atoms with Gasteiger partial charge in [-0.2, -0.15) is 5.10 Å². The molecule has 0 fully saturated rings. The van der Waals surface area contributed by atoms with Crippen LogP contribution in [-0.4, -0.2) is 19.7 Å². The number of rotatable bonds is 3. The Balaban J connectivity index is 2.43. The van der Waals surface area contributed by atoms with Crippen molar-refractivity contribution >= 4 is 15.9 Å². The molecule has 2 heterocycles. The highest BCUT2D eigenvalue weighted by Gasteiger charge is 2.20. The minimum Gasteiger partial charge on any atom is -0.318 e. The average molecular weight is 296 g/mol. The summed E-state index contributed by atoms with van der Waals surface area (Å²) >= 11 is 3.48. The van der Waals surface area contributed by atoms with E-state index in [2.05, 4.69) is 44.8 Å². The first-order chi connectivity index (χ1) is 8.11. The summed E-state index contributed by atoms with van der Waals surface area (Å²) < 4.78 is 2.80. The zero-order valence-corrected chi connectivity index (χ0v) is 11.3. The maximum Gasteiger partial charge on any atom is 0.115 e. The van der Waals surface area contributed by atoms with Crippen molar-refractivity contribution in [1.29, 1.82) is 0 Å². The van der Waals surface area contributed by atoms with Gasteiger partial charge >= 0.3 is 0 Å². The summed E-state index contributed by atoms with van der Waals surface area (Å²) in [4.78, 5) is 8.07. The molecule has 0 amide bonds. The van der Waals surface area contributed by atoms with E-state index in [1.807, 2.05) is 10.7 Å². The molecule has 0 radical (unpaired) electrons. The molecule has 2 rings (SSSR count). The number of hydrogen-bond donors (Lipinski definition) is 1. The van der Waals surface area contributed by atoms with Crippen molar-refractivity contribution in [3.05, 3.63) is 40.6 Å². The van der Waals surface area contributed by atoms with Gasteiger partial charge in [0, 0.05) is 12.2 Å². The van der Waals surface area contributed by atoms with Crippen LogP contribution in [0, 0.1) is 0 Å². The van der Waals surface area contributed by atoms with Gasteiger partial charge in [-0.3, -0.25) is 4.68 Å². The van der Waals surface area contributed by atoms with Crippen molar-refractivity contribution in [3.63, 3.8) is 0 Å².